The van der Waals surface area contributed by atoms with Crippen LogP contribution < -0.4 is 10.1 Å². The van der Waals surface area contributed by atoms with Crippen LogP contribution in [0.4, 0.5) is 5.69 Å². The van der Waals surface area contributed by atoms with Gasteiger partial charge in [0.15, 0.2) is 0 Å². The van der Waals surface area contributed by atoms with E-state index in [2.05, 4.69) is 10.4 Å². The Hall–Kier alpha value is -3.08. The number of anilines is 1. The monoisotopic (exact) mass is 335 g/mol. The molecule has 0 saturated carbocycles. The summed E-state index contributed by atoms with van der Waals surface area (Å²) in [7, 11) is 0. The van der Waals surface area contributed by atoms with Crippen molar-refractivity contribution in [2.75, 3.05) is 11.9 Å². The van der Waals surface area contributed by atoms with E-state index in [0.717, 1.165) is 11.1 Å². The van der Waals surface area contributed by atoms with Crippen LogP contribution in [-0.2, 0) is 6.54 Å². The SMILES string of the molecule is Cc1ccc(C)c(C(=O)Nc2cccc(OCCn3cccn3)c2)c1. The van der Waals surface area contributed by atoms with Gasteiger partial charge in [0, 0.05) is 29.7 Å². The van der Waals surface area contributed by atoms with Crippen molar-refractivity contribution in [2.45, 2.75) is 20.4 Å². The third-order valence-corrected chi connectivity index (χ3v) is 3.88. The van der Waals surface area contributed by atoms with Crippen LogP contribution in [0.1, 0.15) is 21.5 Å². The van der Waals surface area contributed by atoms with Gasteiger partial charge in [-0.1, -0.05) is 23.8 Å². The van der Waals surface area contributed by atoms with Crippen LogP contribution in [0.2, 0.25) is 0 Å². The molecule has 1 N–H and O–H groups in total. The van der Waals surface area contributed by atoms with Crippen LogP contribution in [0.25, 0.3) is 0 Å². The Balaban J connectivity index is 1.63. The zero-order valence-corrected chi connectivity index (χ0v) is 14.4. The molecule has 1 aromatic heterocycles. The highest BCUT2D eigenvalue weighted by molar-refractivity contribution is 6.05. The molecule has 0 saturated heterocycles. The van der Waals surface area contributed by atoms with E-state index in [4.69, 9.17) is 4.74 Å². The highest BCUT2D eigenvalue weighted by Crippen LogP contribution is 2.19. The summed E-state index contributed by atoms with van der Waals surface area (Å²) in [5.74, 6) is 0.598. The lowest BCUT2D eigenvalue weighted by molar-refractivity contribution is 0.102. The molecule has 0 bridgehead atoms. The molecule has 2 aromatic carbocycles. The minimum atomic E-state index is -0.116. The molecule has 25 heavy (non-hydrogen) atoms. The van der Waals surface area contributed by atoms with Crippen molar-refractivity contribution in [1.29, 1.82) is 0 Å². The van der Waals surface area contributed by atoms with Gasteiger partial charge in [-0.3, -0.25) is 9.48 Å². The molecule has 5 nitrogen and oxygen atoms in total. The highest BCUT2D eigenvalue weighted by Gasteiger charge is 2.10. The number of nitrogens with one attached hydrogen (secondary N) is 1. The molecular weight excluding hydrogens is 314 g/mol. The van der Waals surface area contributed by atoms with Crippen LogP contribution in [0.15, 0.2) is 60.9 Å². The predicted molar refractivity (Wildman–Crippen MR) is 98.0 cm³/mol. The molecular formula is C20H21N3O2. The van der Waals surface area contributed by atoms with Gasteiger partial charge in [0.1, 0.15) is 12.4 Å². The topological polar surface area (TPSA) is 56.1 Å². The summed E-state index contributed by atoms with van der Waals surface area (Å²) in [5, 5.41) is 7.07. The van der Waals surface area contributed by atoms with Gasteiger partial charge in [0.05, 0.1) is 6.54 Å². The summed E-state index contributed by atoms with van der Waals surface area (Å²) >= 11 is 0. The molecule has 0 fully saturated rings. The fourth-order valence-electron chi connectivity index (χ4n) is 2.53. The Morgan fingerprint density at radius 2 is 2.04 bits per heavy atom. The number of ether oxygens (including phenoxy) is 1. The van der Waals surface area contributed by atoms with Crippen molar-refractivity contribution in [1.82, 2.24) is 9.78 Å². The minimum Gasteiger partial charge on any atom is -0.492 e. The quantitative estimate of drug-likeness (QED) is 0.745. The first kappa shape index (κ1) is 16.8. The van der Waals surface area contributed by atoms with E-state index in [0.29, 0.717) is 30.2 Å². The number of hydrogen-bond acceptors (Lipinski definition) is 3. The number of aryl methyl sites for hydroxylation is 2. The molecule has 128 valence electrons. The molecule has 0 unspecified atom stereocenters. The number of rotatable bonds is 6. The van der Waals surface area contributed by atoms with Crippen molar-refractivity contribution in [3.8, 4) is 5.75 Å². The summed E-state index contributed by atoms with van der Waals surface area (Å²) in [6, 6.07) is 15.1. The van der Waals surface area contributed by atoms with Gasteiger partial charge >= 0.3 is 0 Å². The van der Waals surface area contributed by atoms with E-state index in [1.54, 1.807) is 6.20 Å². The minimum absolute atomic E-state index is 0.116. The van der Waals surface area contributed by atoms with Crippen molar-refractivity contribution in [2.24, 2.45) is 0 Å². The maximum Gasteiger partial charge on any atom is 0.255 e. The zero-order valence-electron chi connectivity index (χ0n) is 14.4. The van der Waals surface area contributed by atoms with E-state index in [1.807, 2.05) is 73.3 Å². The van der Waals surface area contributed by atoms with Gasteiger partial charge in [-0.2, -0.15) is 5.10 Å². The number of carbonyl (C=O) groups excluding carboxylic acids is 1. The average Bonchev–Trinajstić information content (AvgIpc) is 3.11. The molecule has 0 atom stereocenters. The number of nitrogens with zero attached hydrogens (tertiary/aromatic N) is 2. The summed E-state index contributed by atoms with van der Waals surface area (Å²) in [6.45, 7) is 5.09. The van der Waals surface area contributed by atoms with Crippen molar-refractivity contribution >= 4 is 11.6 Å². The largest absolute Gasteiger partial charge is 0.492 e. The molecule has 0 aliphatic carbocycles. The van der Waals surface area contributed by atoms with Crippen LogP contribution in [0.5, 0.6) is 5.75 Å². The van der Waals surface area contributed by atoms with Gasteiger partial charge in [-0.05, 0) is 43.7 Å². The van der Waals surface area contributed by atoms with E-state index >= 15 is 0 Å². The van der Waals surface area contributed by atoms with Crippen molar-refractivity contribution in [3.05, 3.63) is 77.6 Å². The lowest BCUT2D eigenvalue weighted by Gasteiger charge is -2.11. The molecule has 0 spiro atoms. The number of carbonyl (C=O) groups is 1. The zero-order chi connectivity index (χ0) is 17.6. The van der Waals surface area contributed by atoms with Crippen LogP contribution in [-0.4, -0.2) is 22.3 Å². The lowest BCUT2D eigenvalue weighted by atomic mass is 10.1. The molecule has 0 aliphatic rings. The number of benzene rings is 2. The number of aromatic nitrogens is 2. The summed E-state index contributed by atoms with van der Waals surface area (Å²) < 4.78 is 7.55. The van der Waals surface area contributed by atoms with E-state index in [-0.39, 0.29) is 5.91 Å². The summed E-state index contributed by atoms with van der Waals surface area (Å²) in [6.07, 6.45) is 3.63. The fourth-order valence-corrected chi connectivity index (χ4v) is 2.53. The van der Waals surface area contributed by atoms with E-state index in [1.165, 1.54) is 0 Å². The summed E-state index contributed by atoms with van der Waals surface area (Å²) in [5.41, 5.74) is 3.41. The van der Waals surface area contributed by atoms with E-state index in [9.17, 15) is 4.79 Å². The second-order valence-electron chi connectivity index (χ2n) is 5.92. The van der Waals surface area contributed by atoms with E-state index < -0.39 is 0 Å². The third kappa shape index (κ3) is 4.47. The molecule has 0 aliphatic heterocycles. The van der Waals surface area contributed by atoms with Crippen molar-refractivity contribution < 1.29 is 9.53 Å². The fraction of sp³-hybridized carbons (Fsp3) is 0.200. The summed E-state index contributed by atoms with van der Waals surface area (Å²) in [4.78, 5) is 12.5. The highest BCUT2D eigenvalue weighted by atomic mass is 16.5. The number of amides is 1. The predicted octanol–water partition coefficient (Wildman–Crippen LogP) is 3.83. The van der Waals surface area contributed by atoms with Gasteiger partial charge in [0.2, 0.25) is 0 Å². The second kappa shape index (κ2) is 7.66. The Morgan fingerprint density at radius 3 is 2.84 bits per heavy atom. The number of hydrogen-bond donors (Lipinski definition) is 1. The first-order valence-corrected chi connectivity index (χ1v) is 8.21. The second-order valence-corrected chi connectivity index (χ2v) is 5.92. The molecule has 3 aromatic rings. The van der Waals surface area contributed by atoms with Gasteiger partial charge in [-0.15, -0.1) is 0 Å². The Labute approximate surface area is 147 Å². The molecule has 1 amide bonds. The molecule has 0 radical (unpaired) electrons. The maximum absolute atomic E-state index is 12.5. The molecule has 5 heteroatoms. The smallest absolute Gasteiger partial charge is 0.255 e. The first-order valence-electron chi connectivity index (χ1n) is 8.21. The average molecular weight is 335 g/mol. The van der Waals surface area contributed by atoms with Gasteiger partial charge in [0.25, 0.3) is 5.91 Å². The molecule has 3 rings (SSSR count). The normalized spacial score (nSPS) is 10.5. The van der Waals surface area contributed by atoms with Crippen LogP contribution in [0, 0.1) is 13.8 Å². The van der Waals surface area contributed by atoms with Crippen LogP contribution >= 0.6 is 0 Å². The van der Waals surface area contributed by atoms with Gasteiger partial charge in [-0.25, -0.2) is 0 Å². The van der Waals surface area contributed by atoms with Crippen LogP contribution in [0.3, 0.4) is 0 Å². The van der Waals surface area contributed by atoms with Crippen molar-refractivity contribution in [3.63, 3.8) is 0 Å². The Morgan fingerprint density at radius 1 is 1.16 bits per heavy atom. The Bertz CT molecular complexity index is 857. The maximum atomic E-state index is 12.5. The Kier molecular flexibility index (Phi) is 5.14. The molecule has 1 heterocycles. The standard InChI is InChI=1S/C20H21N3O2/c1-15-7-8-16(2)19(13-15)20(24)22-17-5-3-6-18(14-17)25-12-11-23-10-4-9-21-23/h3-10,13-14H,11-12H2,1-2H3,(H,22,24). The first-order chi connectivity index (χ1) is 12.1. The lowest BCUT2D eigenvalue weighted by Crippen LogP contribution is -2.14. The van der Waals surface area contributed by atoms with Gasteiger partial charge < -0.3 is 10.1 Å². The third-order valence-electron chi connectivity index (χ3n) is 3.88.